The smallest absolute Gasteiger partial charge is 0.0436 e. The van der Waals surface area contributed by atoms with Crippen LogP contribution in [-0.4, -0.2) is 11.7 Å². The summed E-state index contributed by atoms with van der Waals surface area (Å²) in [6, 6.07) is 9.04. The lowest BCUT2D eigenvalue weighted by Crippen LogP contribution is -2.11. The first-order valence-corrected chi connectivity index (χ1v) is 7.05. The van der Waals surface area contributed by atoms with Crippen LogP contribution in [0, 0.1) is 5.92 Å². The van der Waals surface area contributed by atoms with Crippen LogP contribution in [0.1, 0.15) is 56.1 Å². The van der Waals surface area contributed by atoms with Gasteiger partial charge >= 0.3 is 0 Å². The zero-order valence-electron chi connectivity index (χ0n) is 10.9. The Hall–Kier alpha value is -0.820. The Labute approximate surface area is 105 Å². The molecular weight excluding hydrogens is 208 g/mol. The maximum absolute atomic E-state index is 9.26. The van der Waals surface area contributed by atoms with Crippen molar-refractivity contribution in [3.63, 3.8) is 0 Å². The van der Waals surface area contributed by atoms with E-state index in [-0.39, 0.29) is 0 Å². The fourth-order valence-electron chi connectivity index (χ4n) is 3.17. The summed E-state index contributed by atoms with van der Waals surface area (Å²) in [4.78, 5) is 0. The van der Waals surface area contributed by atoms with Gasteiger partial charge in [0.05, 0.1) is 0 Å². The van der Waals surface area contributed by atoms with Gasteiger partial charge in [0.1, 0.15) is 0 Å². The lowest BCUT2D eigenvalue weighted by atomic mass is 9.82. The summed E-state index contributed by atoms with van der Waals surface area (Å²) in [5.41, 5.74) is 2.84. The number of rotatable bonds is 5. The summed E-state index contributed by atoms with van der Waals surface area (Å²) >= 11 is 0. The van der Waals surface area contributed by atoms with Gasteiger partial charge in [0, 0.05) is 6.61 Å². The van der Waals surface area contributed by atoms with E-state index in [1.54, 1.807) is 0 Å². The highest BCUT2D eigenvalue weighted by atomic mass is 16.3. The van der Waals surface area contributed by atoms with Crippen molar-refractivity contribution >= 4 is 0 Å². The molecule has 1 heteroatoms. The molecule has 1 aliphatic carbocycles. The maximum Gasteiger partial charge on any atom is 0.0436 e. The van der Waals surface area contributed by atoms with Crippen molar-refractivity contribution in [3.05, 3.63) is 35.4 Å². The first kappa shape index (κ1) is 12.6. The summed E-state index contributed by atoms with van der Waals surface area (Å²) in [5.74, 6) is 1.38. The number of benzene rings is 1. The number of aliphatic hydroxyl groups is 1. The summed E-state index contributed by atoms with van der Waals surface area (Å²) in [7, 11) is 0. The third kappa shape index (κ3) is 3.10. The van der Waals surface area contributed by atoms with E-state index in [4.69, 9.17) is 0 Å². The second-order valence-corrected chi connectivity index (χ2v) is 5.26. The molecule has 1 aromatic rings. The van der Waals surface area contributed by atoms with Crippen LogP contribution in [0.15, 0.2) is 24.3 Å². The van der Waals surface area contributed by atoms with Gasteiger partial charge in [0.25, 0.3) is 0 Å². The van der Waals surface area contributed by atoms with E-state index in [0.29, 0.717) is 12.5 Å². The minimum absolute atomic E-state index is 0.316. The molecule has 1 aromatic carbocycles. The van der Waals surface area contributed by atoms with Crippen LogP contribution < -0.4 is 0 Å². The number of hydrogen-bond donors (Lipinski definition) is 1. The molecule has 0 bridgehead atoms. The molecule has 0 aliphatic heterocycles. The quantitative estimate of drug-likeness (QED) is 0.816. The molecule has 0 aromatic heterocycles. The molecule has 2 rings (SSSR count). The van der Waals surface area contributed by atoms with Crippen LogP contribution in [0.25, 0.3) is 0 Å². The van der Waals surface area contributed by atoms with Crippen molar-refractivity contribution < 1.29 is 5.11 Å². The molecule has 1 saturated carbocycles. The van der Waals surface area contributed by atoms with Gasteiger partial charge in [0.15, 0.2) is 0 Å². The fraction of sp³-hybridized carbons (Fsp3) is 0.625. The second-order valence-electron chi connectivity index (χ2n) is 5.26. The number of aryl methyl sites for hydroxylation is 1. The SMILES string of the molecule is CCc1ccc(C(CCO)C2CCCC2)cc1. The third-order valence-electron chi connectivity index (χ3n) is 4.23. The Morgan fingerprint density at radius 1 is 1.18 bits per heavy atom. The average molecular weight is 232 g/mol. The third-order valence-corrected chi connectivity index (χ3v) is 4.23. The van der Waals surface area contributed by atoms with Crippen molar-refractivity contribution in [2.45, 2.75) is 51.4 Å². The van der Waals surface area contributed by atoms with Crippen LogP contribution >= 0.6 is 0 Å². The predicted octanol–water partition coefficient (Wildman–Crippen LogP) is 3.91. The predicted molar refractivity (Wildman–Crippen MR) is 72.2 cm³/mol. The van der Waals surface area contributed by atoms with Crippen molar-refractivity contribution in [2.24, 2.45) is 5.92 Å². The molecule has 17 heavy (non-hydrogen) atoms. The van der Waals surface area contributed by atoms with Crippen LogP contribution in [0.2, 0.25) is 0 Å². The lowest BCUT2D eigenvalue weighted by Gasteiger charge is -2.23. The maximum atomic E-state index is 9.26. The topological polar surface area (TPSA) is 20.2 Å². The molecule has 1 fully saturated rings. The molecule has 1 nitrogen and oxygen atoms in total. The Morgan fingerprint density at radius 2 is 1.82 bits per heavy atom. The monoisotopic (exact) mass is 232 g/mol. The summed E-state index contributed by atoms with van der Waals surface area (Å²) in [6.07, 6.45) is 7.48. The van der Waals surface area contributed by atoms with E-state index in [1.165, 1.54) is 36.8 Å². The van der Waals surface area contributed by atoms with E-state index >= 15 is 0 Å². The first-order chi connectivity index (χ1) is 8.35. The van der Waals surface area contributed by atoms with Crippen molar-refractivity contribution in [1.29, 1.82) is 0 Å². The van der Waals surface area contributed by atoms with Gasteiger partial charge in [0.2, 0.25) is 0 Å². The zero-order valence-corrected chi connectivity index (χ0v) is 10.9. The van der Waals surface area contributed by atoms with E-state index < -0.39 is 0 Å². The highest BCUT2D eigenvalue weighted by Crippen LogP contribution is 2.39. The van der Waals surface area contributed by atoms with Gasteiger partial charge in [-0.15, -0.1) is 0 Å². The van der Waals surface area contributed by atoms with Crippen LogP contribution in [0.5, 0.6) is 0 Å². The van der Waals surface area contributed by atoms with Gasteiger partial charge in [-0.05, 0) is 48.6 Å². The van der Waals surface area contributed by atoms with Crippen LogP contribution in [-0.2, 0) is 6.42 Å². The van der Waals surface area contributed by atoms with Gasteiger partial charge in [-0.1, -0.05) is 44.0 Å². The van der Waals surface area contributed by atoms with E-state index in [9.17, 15) is 5.11 Å². The van der Waals surface area contributed by atoms with E-state index in [0.717, 1.165) is 18.8 Å². The van der Waals surface area contributed by atoms with E-state index in [2.05, 4.69) is 31.2 Å². The second kappa shape index (κ2) is 6.20. The molecule has 1 aliphatic rings. The fourth-order valence-corrected chi connectivity index (χ4v) is 3.17. The Kier molecular flexibility index (Phi) is 4.61. The molecule has 0 heterocycles. The molecular formula is C16H24O. The summed E-state index contributed by atoms with van der Waals surface area (Å²) in [6.45, 7) is 2.51. The largest absolute Gasteiger partial charge is 0.396 e. The highest BCUT2D eigenvalue weighted by Gasteiger charge is 2.25. The molecule has 94 valence electrons. The van der Waals surface area contributed by atoms with Crippen molar-refractivity contribution in [2.75, 3.05) is 6.61 Å². The Bertz CT molecular complexity index is 322. The van der Waals surface area contributed by atoms with Gasteiger partial charge in [-0.2, -0.15) is 0 Å². The van der Waals surface area contributed by atoms with E-state index in [1.807, 2.05) is 0 Å². The van der Waals surface area contributed by atoms with Gasteiger partial charge in [-0.25, -0.2) is 0 Å². The highest BCUT2D eigenvalue weighted by molar-refractivity contribution is 5.26. The number of hydrogen-bond acceptors (Lipinski definition) is 1. The summed E-state index contributed by atoms with van der Waals surface area (Å²) < 4.78 is 0. The van der Waals surface area contributed by atoms with Gasteiger partial charge in [-0.3, -0.25) is 0 Å². The molecule has 1 atom stereocenters. The van der Waals surface area contributed by atoms with Crippen LogP contribution in [0.4, 0.5) is 0 Å². The molecule has 0 radical (unpaired) electrons. The minimum atomic E-state index is 0.316. The molecule has 0 spiro atoms. The van der Waals surface area contributed by atoms with Crippen molar-refractivity contribution in [1.82, 2.24) is 0 Å². The zero-order chi connectivity index (χ0) is 12.1. The summed E-state index contributed by atoms with van der Waals surface area (Å²) in [5, 5.41) is 9.26. The Balaban J connectivity index is 2.12. The van der Waals surface area contributed by atoms with Crippen molar-refractivity contribution in [3.8, 4) is 0 Å². The average Bonchev–Trinajstić information content (AvgIpc) is 2.90. The van der Waals surface area contributed by atoms with Crippen LogP contribution in [0.3, 0.4) is 0 Å². The molecule has 0 amide bonds. The molecule has 1 unspecified atom stereocenters. The molecule has 0 saturated heterocycles. The minimum Gasteiger partial charge on any atom is -0.396 e. The standard InChI is InChI=1S/C16H24O/c1-2-13-7-9-15(10-8-13)16(11-12-17)14-5-3-4-6-14/h7-10,14,16-17H,2-6,11-12H2,1H3. The lowest BCUT2D eigenvalue weighted by molar-refractivity contribution is 0.254. The number of aliphatic hydroxyl groups excluding tert-OH is 1. The Morgan fingerprint density at radius 3 is 2.35 bits per heavy atom. The molecule has 1 N–H and O–H groups in total. The normalized spacial score (nSPS) is 18.5. The first-order valence-electron chi connectivity index (χ1n) is 7.05. The van der Waals surface area contributed by atoms with Gasteiger partial charge < -0.3 is 5.11 Å².